The van der Waals surface area contributed by atoms with E-state index >= 15 is 0 Å². The van der Waals surface area contributed by atoms with E-state index in [0.717, 1.165) is 30.2 Å². The lowest BCUT2D eigenvalue weighted by atomic mass is 10.1. The number of carbonyl (C=O) groups excluding carboxylic acids is 1. The molecule has 1 aromatic heterocycles. The van der Waals surface area contributed by atoms with E-state index in [0.29, 0.717) is 6.42 Å². The summed E-state index contributed by atoms with van der Waals surface area (Å²) in [6, 6.07) is 0. The van der Waals surface area contributed by atoms with Gasteiger partial charge in [0.1, 0.15) is 5.82 Å². The molecule has 1 N–H and O–H groups in total. The number of rotatable bonds is 2. The molecular weight excluding hydrogens is 238 g/mol. The quantitative estimate of drug-likeness (QED) is 0.820. The fraction of sp³-hybridized carbons (Fsp3) is 0.267. The molecule has 1 amide bonds. The highest BCUT2D eigenvalue weighted by molar-refractivity contribution is 5.82. The number of nitrogens with one attached hydrogen (secondary N) is 1. The molecule has 0 unspecified atom stereocenters. The van der Waals surface area contributed by atoms with Crippen LogP contribution < -0.4 is 0 Å². The molecule has 1 aromatic rings. The summed E-state index contributed by atoms with van der Waals surface area (Å²) in [7, 11) is 0. The van der Waals surface area contributed by atoms with Gasteiger partial charge < -0.3 is 9.88 Å². The molecule has 1 saturated heterocycles. The highest BCUT2D eigenvalue weighted by Gasteiger charge is 2.27. The Balaban J connectivity index is 1.78. The van der Waals surface area contributed by atoms with Gasteiger partial charge in [0.25, 0.3) is 0 Å². The lowest BCUT2D eigenvalue weighted by molar-refractivity contribution is -0.127. The summed E-state index contributed by atoms with van der Waals surface area (Å²) < 4.78 is 0. The van der Waals surface area contributed by atoms with Crippen molar-refractivity contribution in [3.8, 4) is 0 Å². The van der Waals surface area contributed by atoms with Crippen molar-refractivity contribution in [2.75, 3.05) is 6.54 Å². The predicted molar refractivity (Wildman–Crippen MR) is 72.2 cm³/mol. The Morgan fingerprint density at radius 1 is 1.47 bits per heavy atom. The van der Waals surface area contributed by atoms with Gasteiger partial charge in [0.2, 0.25) is 5.91 Å². The third-order valence-electron chi connectivity index (χ3n) is 3.34. The maximum Gasteiger partial charge on any atom is 0.232 e. The minimum atomic E-state index is 0.105. The maximum atomic E-state index is 12.4. The number of amides is 1. The summed E-state index contributed by atoms with van der Waals surface area (Å²) in [6.07, 6.45) is 10.7. The van der Waals surface area contributed by atoms with E-state index < -0.39 is 0 Å². The molecule has 0 aromatic carbocycles. The molecule has 0 saturated carbocycles. The SMILES string of the molecule is Cc1ncc(CC(=O)N2CCC3=CC=C=CC=C32)[nH]1. The lowest BCUT2D eigenvalue weighted by Crippen LogP contribution is -2.28. The predicted octanol–water partition coefficient (Wildman–Crippen LogP) is 2.03. The van der Waals surface area contributed by atoms with E-state index in [1.807, 2.05) is 36.1 Å². The molecule has 3 rings (SSSR count). The first kappa shape index (κ1) is 11.8. The van der Waals surface area contributed by atoms with Gasteiger partial charge in [0, 0.05) is 24.1 Å². The Bertz CT molecular complexity index is 642. The zero-order chi connectivity index (χ0) is 13.2. The average molecular weight is 253 g/mol. The van der Waals surface area contributed by atoms with Gasteiger partial charge in [-0.05, 0) is 43.2 Å². The van der Waals surface area contributed by atoms with Crippen LogP contribution in [-0.2, 0) is 11.2 Å². The van der Waals surface area contributed by atoms with Crippen LogP contribution in [0.4, 0.5) is 0 Å². The van der Waals surface area contributed by atoms with Crippen LogP contribution in [0, 0.1) is 6.92 Å². The Labute approximate surface area is 111 Å². The molecule has 1 aliphatic carbocycles. The summed E-state index contributed by atoms with van der Waals surface area (Å²) >= 11 is 0. The van der Waals surface area contributed by atoms with Crippen LogP contribution in [0.15, 0.2) is 47.5 Å². The highest BCUT2D eigenvalue weighted by Crippen LogP contribution is 2.28. The van der Waals surface area contributed by atoms with Gasteiger partial charge in [0.05, 0.1) is 6.42 Å². The fourth-order valence-corrected chi connectivity index (χ4v) is 2.43. The normalized spacial score (nSPS) is 17.0. The van der Waals surface area contributed by atoms with Gasteiger partial charge in [-0.25, -0.2) is 4.98 Å². The van der Waals surface area contributed by atoms with Gasteiger partial charge in [-0.3, -0.25) is 4.79 Å². The van der Waals surface area contributed by atoms with E-state index in [2.05, 4.69) is 15.7 Å². The molecule has 1 fully saturated rings. The number of carbonyl (C=O) groups is 1. The summed E-state index contributed by atoms with van der Waals surface area (Å²) in [6.45, 7) is 2.64. The molecule has 0 radical (unpaired) electrons. The van der Waals surface area contributed by atoms with Gasteiger partial charge in [-0.15, -0.1) is 5.73 Å². The first-order valence-corrected chi connectivity index (χ1v) is 6.37. The first-order valence-electron chi connectivity index (χ1n) is 6.37. The topological polar surface area (TPSA) is 49.0 Å². The molecule has 2 heterocycles. The van der Waals surface area contributed by atoms with Crippen molar-refractivity contribution in [1.82, 2.24) is 14.9 Å². The molecule has 1 aliphatic heterocycles. The molecule has 2 aliphatic rings. The Morgan fingerprint density at radius 2 is 2.32 bits per heavy atom. The van der Waals surface area contributed by atoms with Crippen LogP contribution >= 0.6 is 0 Å². The van der Waals surface area contributed by atoms with Gasteiger partial charge in [-0.2, -0.15) is 0 Å². The maximum absolute atomic E-state index is 12.4. The van der Waals surface area contributed by atoms with Crippen LogP contribution in [0.5, 0.6) is 0 Å². The second-order valence-electron chi connectivity index (χ2n) is 4.71. The Kier molecular flexibility index (Phi) is 2.94. The molecular formula is C15H15N3O. The molecule has 96 valence electrons. The number of nitrogens with zero attached hydrogens (tertiary/aromatic N) is 2. The smallest absolute Gasteiger partial charge is 0.232 e. The highest BCUT2D eigenvalue weighted by atomic mass is 16.2. The standard InChI is InChI=1S/C15H15N3O/c1-11-16-10-13(17-11)9-15(19)18-8-7-12-5-3-2-4-6-14(12)18/h3-6,10H,7-9H2,1H3,(H,16,17). The van der Waals surface area contributed by atoms with E-state index in [4.69, 9.17) is 0 Å². The first-order chi connectivity index (χ1) is 9.24. The zero-order valence-electron chi connectivity index (χ0n) is 10.8. The lowest BCUT2D eigenvalue weighted by Gasteiger charge is -2.17. The van der Waals surface area contributed by atoms with Crippen molar-refractivity contribution in [2.24, 2.45) is 0 Å². The van der Waals surface area contributed by atoms with E-state index in [9.17, 15) is 4.79 Å². The number of aryl methyl sites for hydroxylation is 1. The molecule has 4 heteroatoms. The second kappa shape index (κ2) is 4.75. The number of aromatic nitrogens is 2. The number of hydrogen-bond acceptors (Lipinski definition) is 2. The van der Waals surface area contributed by atoms with Crippen molar-refractivity contribution in [3.63, 3.8) is 0 Å². The number of hydrogen-bond donors (Lipinski definition) is 1. The number of likely N-dealkylation sites (tertiary alicyclic amines) is 1. The van der Waals surface area contributed by atoms with E-state index in [1.54, 1.807) is 6.20 Å². The number of allylic oxidation sites excluding steroid dienone is 4. The Morgan fingerprint density at radius 3 is 3.11 bits per heavy atom. The van der Waals surface area contributed by atoms with Crippen molar-refractivity contribution in [3.05, 3.63) is 59.0 Å². The third kappa shape index (κ3) is 2.30. The van der Waals surface area contributed by atoms with Crippen LogP contribution in [0.3, 0.4) is 0 Å². The average Bonchev–Trinajstić information content (AvgIpc) is 2.90. The molecule has 4 nitrogen and oxygen atoms in total. The van der Waals surface area contributed by atoms with Crippen LogP contribution in [0.1, 0.15) is 17.9 Å². The van der Waals surface area contributed by atoms with E-state index in [1.165, 1.54) is 5.57 Å². The number of fused-ring (bicyclic) bond motifs is 1. The summed E-state index contributed by atoms with van der Waals surface area (Å²) in [4.78, 5) is 21.4. The van der Waals surface area contributed by atoms with Gasteiger partial charge >= 0.3 is 0 Å². The van der Waals surface area contributed by atoms with Crippen molar-refractivity contribution in [1.29, 1.82) is 0 Å². The summed E-state index contributed by atoms with van der Waals surface area (Å²) in [5.41, 5.74) is 6.10. The fourth-order valence-electron chi connectivity index (χ4n) is 2.43. The monoisotopic (exact) mass is 253 g/mol. The minimum absolute atomic E-state index is 0.105. The van der Waals surface area contributed by atoms with Gasteiger partial charge in [0.15, 0.2) is 0 Å². The van der Waals surface area contributed by atoms with Crippen LogP contribution in [0.25, 0.3) is 0 Å². The van der Waals surface area contributed by atoms with E-state index in [-0.39, 0.29) is 5.91 Å². The largest absolute Gasteiger partial charge is 0.346 e. The minimum Gasteiger partial charge on any atom is -0.346 e. The van der Waals surface area contributed by atoms with Crippen LogP contribution in [0.2, 0.25) is 0 Å². The summed E-state index contributed by atoms with van der Waals surface area (Å²) in [5.74, 6) is 0.944. The van der Waals surface area contributed by atoms with Crippen molar-refractivity contribution in [2.45, 2.75) is 19.8 Å². The zero-order valence-corrected chi connectivity index (χ0v) is 10.8. The summed E-state index contributed by atoms with van der Waals surface area (Å²) in [5, 5.41) is 0. The Hall–Kier alpha value is -2.32. The molecule has 0 spiro atoms. The molecule has 19 heavy (non-hydrogen) atoms. The van der Waals surface area contributed by atoms with Gasteiger partial charge in [-0.1, -0.05) is 0 Å². The number of H-pyrrole nitrogens is 1. The van der Waals surface area contributed by atoms with Crippen LogP contribution in [-0.4, -0.2) is 27.3 Å². The molecule has 0 atom stereocenters. The number of imidazole rings is 1. The van der Waals surface area contributed by atoms with Crippen molar-refractivity contribution < 1.29 is 4.79 Å². The third-order valence-corrected chi connectivity index (χ3v) is 3.34. The number of aromatic amines is 1. The second-order valence-corrected chi connectivity index (χ2v) is 4.71. The molecule has 0 bridgehead atoms. The van der Waals surface area contributed by atoms with Crippen molar-refractivity contribution >= 4 is 5.91 Å².